The van der Waals surface area contributed by atoms with E-state index in [0.29, 0.717) is 16.7 Å². The van der Waals surface area contributed by atoms with Gasteiger partial charge in [-0.05, 0) is 59.2 Å². The van der Waals surface area contributed by atoms with Gasteiger partial charge in [0.1, 0.15) is 5.75 Å². The van der Waals surface area contributed by atoms with Crippen LogP contribution in [0.25, 0.3) is 22.3 Å². The van der Waals surface area contributed by atoms with E-state index >= 15 is 0 Å². The summed E-state index contributed by atoms with van der Waals surface area (Å²) in [5, 5.41) is 12.8. The summed E-state index contributed by atoms with van der Waals surface area (Å²) in [5.74, 6) is -3.75. The van der Waals surface area contributed by atoms with Gasteiger partial charge in [-0.2, -0.15) is 13.2 Å². The first kappa shape index (κ1) is 23.6. The first-order valence-electron chi connectivity index (χ1n) is 10.7. The molecule has 1 radical (unpaired) electrons. The quantitative estimate of drug-likeness (QED) is 0.240. The number of halogens is 4. The fourth-order valence-corrected chi connectivity index (χ4v) is 3.86. The fraction of sp³-hybridized carbons (Fsp3) is 0.308. The topological polar surface area (TPSA) is 29.1 Å². The number of unbranched alkanes of at least 4 members (excludes halogenated alkanes) is 2. The molecule has 3 aromatic carbocycles. The highest BCUT2D eigenvalue weighted by Crippen LogP contribution is 2.45. The molecular formula is C26H25F4O2. The zero-order valence-corrected chi connectivity index (χ0v) is 18.1. The smallest absolute Gasteiger partial charge is 0.387 e. The van der Waals surface area contributed by atoms with Crippen LogP contribution in [-0.2, 0) is 17.9 Å². The van der Waals surface area contributed by atoms with E-state index in [1.54, 1.807) is 6.92 Å². The second-order valence-corrected chi connectivity index (χ2v) is 7.60. The Hall–Kier alpha value is -3.02. The van der Waals surface area contributed by atoms with Crippen LogP contribution >= 0.6 is 0 Å². The zero-order chi connectivity index (χ0) is 23.3. The molecule has 32 heavy (non-hydrogen) atoms. The molecule has 6 heteroatoms. The number of hydrogen-bond acceptors (Lipinski definition) is 1. The summed E-state index contributed by atoms with van der Waals surface area (Å²) in [6.45, 7) is 0.832. The third-order valence-electron chi connectivity index (χ3n) is 5.47. The minimum Gasteiger partial charge on any atom is -0.435 e. The molecule has 0 spiro atoms. The number of rotatable bonds is 9. The molecule has 0 fully saturated rings. The standard InChI is InChI=1S/C26H25F4O2/c1-3-5-6-7-16-8-10-17(11-9-16)21-20(4-2)23(27)24(28)25(31)22(21)18-12-14-19(15-13-18)32-26(29)30/h8-15,26H,3-7H2,1-2H3. The number of benzene rings is 3. The summed E-state index contributed by atoms with van der Waals surface area (Å²) in [6.07, 6.45) is 4.39. The molecule has 0 heterocycles. The lowest BCUT2D eigenvalue weighted by molar-refractivity contribution is -0.0498. The number of ether oxygens (including phenoxy) is 1. The molecular weight excluding hydrogens is 420 g/mol. The van der Waals surface area contributed by atoms with Crippen LogP contribution in [0.5, 0.6) is 11.5 Å². The summed E-state index contributed by atoms with van der Waals surface area (Å²) < 4.78 is 58.5. The van der Waals surface area contributed by atoms with Gasteiger partial charge in [0.25, 0.3) is 0 Å². The summed E-state index contributed by atoms with van der Waals surface area (Å²) in [4.78, 5) is 0. The van der Waals surface area contributed by atoms with Crippen molar-refractivity contribution in [2.45, 2.75) is 52.6 Å². The van der Waals surface area contributed by atoms with Gasteiger partial charge >= 0.3 is 6.61 Å². The summed E-state index contributed by atoms with van der Waals surface area (Å²) in [7, 11) is 0. The molecule has 3 rings (SSSR count). The fourth-order valence-electron chi connectivity index (χ4n) is 3.86. The molecule has 2 nitrogen and oxygen atoms in total. The van der Waals surface area contributed by atoms with Crippen LogP contribution in [0, 0.1) is 11.6 Å². The predicted octanol–water partition coefficient (Wildman–Crippen LogP) is 8.34. The highest BCUT2D eigenvalue weighted by molar-refractivity contribution is 5.90. The molecule has 0 aromatic heterocycles. The van der Waals surface area contributed by atoms with Crippen molar-refractivity contribution in [3.63, 3.8) is 0 Å². The van der Waals surface area contributed by atoms with Gasteiger partial charge in [0.15, 0.2) is 5.82 Å². The van der Waals surface area contributed by atoms with Gasteiger partial charge in [-0.1, -0.05) is 63.1 Å². The van der Waals surface area contributed by atoms with E-state index in [1.165, 1.54) is 24.3 Å². The van der Waals surface area contributed by atoms with Crippen LogP contribution < -0.4 is 4.74 Å². The maximum absolute atomic E-state index is 14.7. The van der Waals surface area contributed by atoms with E-state index < -0.39 is 24.0 Å². The van der Waals surface area contributed by atoms with Crippen LogP contribution in [-0.4, -0.2) is 6.61 Å². The Labute approximate surface area is 185 Å². The van der Waals surface area contributed by atoms with Gasteiger partial charge in [0, 0.05) is 5.56 Å². The average molecular weight is 445 g/mol. The highest BCUT2D eigenvalue weighted by Gasteiger charge is 2.26. The molecule has 0 aliphatic heterocycles. The van der Waals surface area contributed by atoms with Crippen molar-refractivity contribution in [3.8, 4) is 33.8 Å². The molecule has 0 atom stereocenters. The first-order chi connectivity index (χ1) is 15.4. The van der Waals surface area contributed by atoms with Crippen molar-refractivity contribution < 1.29 is 27.4 Å². The third kappa shape index (κ3) is 5.06. The second-order valence-electron chi connectivity index (χ2n) is 7.60. The number of alkyl halides is 2. The Bertz CT molecular complexity index is 1050. The van der Waals surface area contributed by atoms with Gasteiger partial charge in [0.2, 0.25) is 11.6 Å². The largest absolute Gasteiger partial charge is 0.435 e. The molecule has 0 saturated heterocycles. The van der Waals surface area contributed by atoms with Gasteiger partial charge in [0.05, 0.1) is 0 Å². The van der Waals surface area contributed by atoms with Crippen molar-refractivity contribution >= 4 is 0 Å². The minimum atomic E-state index is -2.99. The van der Waals surface area contributed by atoms with Gasteiger partial charge < -0.3 is 4.74 Å². The van der Waals surface area contributed by atoms with Crippen LogP contribution in [0.1, 0.15) is 44.2 Å². The number of hydrogen-bond donors (Lipinski definition) is 0. The van der Waals surface area contributed by atoms with E-state index in [-0.39, 0.29) is 23.3 Å². The molecule has 169 valence electrons. The molecule has 0 unspecified atom stereocenters. The Morgan fingerprint density at radius 1 is 0.812 bits per heavy atom. The van der Waals surface area contributed by atoms with Crippen LogP contribution in [0.15, 0.2) is 48.5 Å². The first-order valence-corrected chi connectivity index (χ1v) is 10.7. The van der Waals surface area contributed by atoms with E-state index in [4.69, 9.17) is 0 Å². The molecule has 0 bridgehead atoms. The number of aryl methyl sites for hydroxylation is 1. The van der Waals surface area contributed by atoms with Gasteiger partial charge in [-0.3, -0.25) is 5.11 Å². The molecule has 0 amide bonds. The van der Waals surface area contributed by atoms with Crippen molar-refractivity contribution in [2.24, 2.45) is 0 Å². The summed E-state index contributed by atoms with van der Waals surface area (Å²) >= 11 is 0. The minimum absolute atomic E-state index is 0.00285. The maximum atomic E-state index is 14.7. The van der Waals surface area contributed by atoms with Crippen molar-refractivity contribution in [2.75, 3.05) is 0 Å². The lowest BCUT2D eigenvalue weighted by Gasteiger charge is -2.18. The Morgan fingerprint density at radius 2 is 1.41 bits per heavy atom. The Balaban J connectivity index is 2.12. The third-order valence-corrected chi connectivity index (χ3v) is 5.47. The highest BCUT2D eigenvalue weighted by atomic mass is 19.3. The molecule has 0 aliphatic rings. The van der Waals surface area contributed by atoms with E-state index in [2.05, 4.69) is 11.7 Å². The second kappa shape index (κ2) is 10.5. The SMILES string of the molecule is CCCCCc1ccc(-c2c(CC)c(F)c(F)c([O])c2-c2ccc(OC(F)F)cc2)cc1. The van der Waals surface area contributed by atoms with Crippen LogP contribution in [0.4, 0.5) is 17.6 Å². The van der Waals surface area contributed by atoms with E-state index in [9.17, 15) is 22.7 Å². The molecule has 3 aromatic rings. The molecule has 0 saturated carbocycles. The van der Waals surface area contributed by atoms with E-state index in [0.717, 1.165) is 31.2 Å². The van der Waals surface area contributed by atoms with Crippen molar-refractivity contribution in [3.05, 3.63) is 71.3 Å². The predicted molar refractivity (Wildman–Crippen MR) is 117 cm³/mol. The van der Waals surface area contributed by atoms with Crippen LogP contribution in [0.2, 0.25) is 0 Å². The van der Waals surface area contributed by atoms with E-state index in [1.807, 2.05) is 24.3 Å². The lowest BCUT2D eigenvalue weighted by Crippen LogP contribution is -2.02. The van der Waals surface area contributed by atoms with Gasteiger partial charge in [-0.15, -0.1) is 0 Å². The summed E-state index contributed by atoms with van der Waals surface area (Å²) in [5.41, 5.74) is 2.44. The Kier molecular flexibility index (Phi) is 7.78. The molecule has 0 N–H and O–H groups in total. The Morgan fingerprint density at radius 3 is 1.97 bits per heavy atom. The molecule has 0 aliphatic carbocycles. The normalized spacial score (nSPS) is 11.2. The van der Waals surface area contributed by atoms with Gasteiger partial charge in [-0.25, -0.2) is 4.39 Å². The zero-order valence-electron chi connectivity index (χ0n) is 18.1. The van der Waals surface area contributed by atoms with Crippen molar-refractivity contribution in [1.82, 2.24) is 0 Å². The lowest BCUT2D eigenvalue weighted by atomic mass is 9.87. The summed E-state index contributed by atoms with van der Waals surface area (Å²) in [6, 6.07) is 12.8. The van der Waals surface area contributed by atoms with Crippen molar-refractivity contribution in [1.29, 1.82) is 0 Å². The van der Waals surface area contributed by atoms with Crippen LogP contribution in [0.3, 0.4) is 0 Å². The monoisotopic (exact) mass is 445 g/mol. The maximum Gasteiger partial charge on any atom is 0.387 e. The average Bonchev–Trinajstić information content (AvgIpc) is 2.78.